The molecule has 4 rings (SSSR count). The number of hydrogen-bond donors (Lipinski definition) is 0. The summed E-state index contributed by atoms with van der Waals surface area (Å²) < 4.78 is 7.72. The van der Waals surface area contributed by atoms with Crippen LogP contribution in [0.1, 0.15) is 5.69 Å². The molecule has 0 radical (unpaired) electrons. The quantitative estimate of drug-likeness (QED) is 0.366. The van der Waals surface area contributed by atoms with Crippen molar-refractivity contribution in [2.75, 3.05) is 7.11 Å². The summed E-state index contributed by atoms with van der Waals surface area (Å²) in [5, 5.41) is 5.56. The lowest BCUT2D eigenvalue weighted by molar-refractivity contribution is 0.416. The number of thioether (sulfide) groups is 1. The Kier molecular flexibility index (Phi) is 4.80. The minimum absolute atomic E-state index is 0.000453. The highest BCUT2D eigenvalue weighted by Gasteiger charge is 2.13. The van der Waals surface area contributed by atoms with Crippen molar-refractivity contribution >= 4 is 44.7 Å². The van der Waals surface area contributed by atoms with E-state index in [1.54, 1.807) is 30.1 Å². The average molecular weight is 402 g/mol. The number of hydrogen-bond acceptors (Lipinski definition) is 7. The Morgan fingerprint density at radius 1 is 1.19 bits per heavy atom. The van der Waals surface area contributed by atoms with E-state index < -0.39 is 0 Å². The number of aromatic nitrogens is 3. The summed E-state index contributed by atoms with van der Waals surface area (Å²) in [5.41, 5.74) is 2.70. The van der Waals surface area contributed by atoms with Crippen LogP contribution in [0.2, 0.25) is 0 Å². The summed E-state index contributed by atoms with van der Waals surface area (Å²) in [5.74, 6) is 1.47. The van der Waals surface area contributed by atoms with Crippen LogP contribution in [0.5, 0.6) is 5.75 Å². The molecule has 1 aromatic carbocycles. The smallest absolute Gasteiger partial charge is 0.271 e. The fraction of sp³-hybridized carbons (Fsp3) is 0.167. The highest BCUT2D eigenvalue weighted by molar-refractivity contribution is 7.98. The number of ether oxygens (including phenoxy) is 1. The maximum atomic E-state index is 12.4. The minimum Gasteiger partial charge on any atom is -0.496 e. The first-order chi connectivity index (χ1) is 12.7. The molecule has 0 N–H and O–H groups in total. The number of benzene rings is 1. The molecule has 0 spiro atoms. The van der Waals surface area contributed by atoms with Crippen molar-refractivity contribution in [1.29, 1.82) is 0 Å². The fourth-order valence-corrected chi connectivity index (χ4v) is 5.18. The van der Waals surface area contributed by atoms with Gasteiger partial charge in [-0.3, -0.25) is 9.36 Å². The van der Waals surface area contributed by atoms with Crippen LogP contribution in [-0.4, -0.2) is 21.6 Å². The number of para-hydroxylation sites is 1. The maximum absolute atomic E-state index is 12.4. The summed E-state index contributed by atoms with van der Waals surface area (Å²) >= 11 is 4.54. The number of thiophene rings is 1. The SMILES string of the molecule is COc1ccccc1-c1nc(CSc2nc3ccsc3c(=O)n2C)cs1. The third kappa shape index (κ3) is 3.15. The van der Waals surface area contributed by atoms with Gasteiger partial charge in [0.2, 0.25) is 0 Å². The number of thiazole rings is 1. The molecule has 0 aliphatic carbocycles. The van der Waals surface area contributed by atoms with E-state index in [1.165, 1.54) is 23.1 Å². The molecule has 0 bridgehead atoms. The van der Waals surface area contributed by atoms with Crippen molar-refractivity contribution in [2.45, 2.75) is 10.9 Å². The molecule has 5 nitrogen and oxygen atoms in total. The van der Waals surface area contributed by atoms with Crippen LogP contribution in [0.4, 0.5) is 0 Å². The summed E-state index contributed by atoms with van der Waals surface area (Å²) in [6.45, 7) is 0. The zero-order valence-corrected chi connectivity index (χ0v) is 16.6. The average Bonchev–Trinajstić information content (AvgIpc) is 3.33. The van der Waals surface area contributed by atoms with Gasteiger partial charge in [0.1, 0.15) is 15.5 Å². The van der Waals surface area contributed by atoms with Crippen molar-refractivity contribution < 1.29 is 4.74 Å². The Bertz CT molecular complexity index is 1130. The van der Waals surface area contributed by atoms with E-state index in [2.05, 4.69) is 4.98 Å². The monoisotopic (exact) mass is 401 g/mol. The van der Waals surface area contributed by atoms with E-state index in [4.69, 9.17) is 9.72 Å². The molecule has 0 aliphatic rings. The Morgan fingerprint density at radius 2 is 2.04 bits per heavy atom. The van der Waals surface area contributed by atoms with Crippen molar-refractivity contribution in [3.8, 4) is 16.3 Å². The summed E-state index contributed by atoms with van der Waals surface area (Å²) in [6.07, 6.45) is 0. The molecular formula is C18H15N3O2S3. The van der Waals surface area contributed by atoms with Crippen LogP contribution in [0, 0.1) is 0 Å². The van der Waals surface area contributed by atoms with Crippen LogP contribution in [0.3, 0.4) is 0 Å². The molecule has 0 saturated heterocycles. The lowest BCUT2D eigenvalue weighted by Crippen LogP contribution is -2.18. The molecule has 0 amide bonds. The van der Waals surface area contributed by atoms with Crippen LogP contribution < -0.4 is 10.3 Å². The minimum atomic E-state index is 0.000453. The van der Waals surface area contributed by atoms with Gasteiger partial charge in [0.15, 0.2) is 5.16 Å². The standard InChI is InChI=1S/C18H15N3O2S3/c1-21-17(22)15-13(7-8-24-15)20-18(21)26-10-11-9-25-16(19-11)12-5-3-4-6-14(12)23-2/h3-9H,10H2,1-2H3. The molecule has 4 aromatic rings. The molecule has 0 aliphatic heterocycles. The predicted molar refractivity (Wildman–Crippen MR) is 109 cm³/mol. The van der Waals surface area contributed by atoms with Gasteiger partial charge < -0.3 is 4.74 Å². The third-order valence-electron chi connectivity index (χ3n) is 3.88. The largest absolute Gasteiger partial charge is 0.496 e. The molecule has 0 atom stereocenters. The van der Waals surface area contributed by atoms with Crippen molar-refractivity contribution in [3.63, 3.8) is 0 Å². The number of methoxy groups -OCH3 is 1. The molecule has 0 fully saturated rings. The fourth-order valence-electron chi connectivity index (χ4n) is 2.55. The van der Waals surface area contributed by atoms with Gasteiger partial charge >= 0.3 is 0 Å². The first-order valence-electron chi connectivity index (χ1n) is 7.82. The van der Waals surface area contributed by atoms with Crippen LogP contribution in [0.25, 0.3) is 20.8 Å². The molecule has 3 heterocycles. The molecule has 0 saturated carbocycles. The van der Waals surface area contributed by atoms with Gasteiger partial charge in [-0.2, -0.15) is 0 Å². The van der Waals surface area contributed by atoms with Gasteiger partial charge in [-0.25, -0.2) is 9.97 Å². The van der Waals surface area contributed by atoms with E-state index in [0.29, 0.717) is 15.6 Å². The molecule has 3 aromatic heterocycles. The number of rotatable bonds is 5. The van der Waals surface area contributed by atoms with Crippen LogP contribution in [0.15, 0.2) is 51.0 Å². The van der Waals surface area contributed by atoms with E-state index in [-0.39, 0.29) is 5.56 Å². The summed E-state index contributed by atoms with van der Waals surface area (Å²) in [6, 6.07) is 9.74. The first-order valence-corrected chi connectivity index (χ1v) is 10.6. The van der Waals surface area contributed by atoms with E-state index in [1.807, 2.05) is 41.1 Å². The second kappa shape index (κ2) is 7.22. The molecule has 132 valence electrons. The Labute approximate surface area is 162 Å². The number of nitrogens with zero attached hydrogens (tertiary/aromatic N) is 3. The van der Waals surface area contributed by atoms with E-state index in [9.17, 15) is 4.79 Å². The first kappa shape index (κ1) is 17.3. The topological polar surface area (TPSA) is 57.0 Å². The van der Waals surface area contributed by atoms with Gasteiger partial charge in [0.05, 0.1) is 23.9 Å². The van der Waals surface area contributed by atoms with Gasteiger partial charge in [-0.05, 0) is 23.6 Å². The van der Waals surface area contributed by atoms with Crippen LogP contribution in [-0.2, 0) is 12.8 Å². The normalized spacial score (nSPS) is 11.2. The van der Waals surface area contributed by atoms with Crippen molar-refractivity contribution in [3.05, 3.63) is 57.1 Å². The second-order valence-corrected chi connectivity index (χ2v) is 8.24. The number of fused-ring (bicyclic) bond motifs is 1. The zero-order chi connectivity index (χ0) is 18.1. The van der Waals surface area contributed by atoms with E-state index >= 15 is 0 Å². The summed E-state index contributed by atoms with van der Waals surface area (Å²) in [7, 11) is 3.42. The molecule has 26 heavy (non-hydrogen) atoms. The van der Waals surface area contributed by atoms with Crippen molar-refractivity contribution in [2.24, 2.45) is 7.05 Å². The summed E-state index contributed by atoms with van der Waals surface area (Å²) in [4.78, 5) is 21.7. The Morgan fingerprint density at radius 3 is 2.88 bits per heavy atom. The maximum Gasteiger partial charge on any atom is 0.271 e. The molecular weight excluding hydrogens is 386 g/mol. The third-order valence-corrected chi connectivity index (χ3v) is 6.76. The highest BCUT2D eigenvalue weighted by atomic mass is 32.2. The highest BCUT2D eigenvalue weighted by Crippen LogP contribution is 2.33. The lowest BCUT2D eigenvalue weighted by Gasteiger charge is -2.06. The molecule has 8 heteroatoms. The van der Waals surface area contributed by atoms with Crippen LogP contribution >= 0.6 is 34.4 Å². The Hall–Kier alpha value is -2.16. The second-order valence-electron chi connectivity index (χ2n) is 5.53. The van der Waals surface area contributed by atoms with Crippen molar-refractivity contribution in [1.82, 2.24) is 14.5 Å². The lowest BCUT2D eigenvalue weighted by atomic mass is 10.2. The van der Waals surface area contributed by atoms with E-state index in [0.717, 1.165) is 27.5 Å². The predicted octanol–water partition coefficient (Wildman–Crippen LogP) is 4.42. The Balaban J connectivity index is 1.57. The zero-order valence-electron chi connectivity index (χ0n) is 14.1. The van der Waals surface area contributed by atoms with Gasteiger partial charge in [0, 0.05) is 18.2 Å². The van der Waals surface area contributed by atoms with Gasteiger partial charge in [0.25, 0.3) is 5.56 Å². The molecule has 0 unspecified atom stereocenters. The van der Waals surface area contributed by atoms with Gasteiger partial charge in [-0.1, -0.05) is 23.9 Å². The van der Waals surface area contributed by atoms with Gasteiger partial charge in [-0.15, -0.1) is 22.7 Å².